The highest BCUT2D eigenvalue weighted by molar-refractivity contribution is 5.93. The summed E-state index contributed by atoms with van der Waals surface area (Å²) >= 11 is 0. The third-order valence-electron chi connectivity index (χ3n) is 2.55. The molecule has 2 rings (SSSR count). The number of carboxylic acids is 1. The van der Waals surface area contributed by atoms with E-state index in [-0.39, 0.29) is 11.4 Å². The van der Waals surface area contributed by atoms with Crippen LogP contribution in [0.2, 0.25) is 0 Å². The van der Waals surface area contributed by atoms with Crippen molar-refractivity contribution in [3.8, 4) is 0 Å². The first-order chi connectivity index (χ1) is 7.08. The molecule has 1 aromatic heterocycles. The number of aryl methyl sites for hydroxylation is 1. The van der Waals surface area contributed by atoms with Crippen molar-refractivity contribution in [3.05, 3.63) is 17.1 Å². The number of anilines is 1. The van der Waals surface area contributed by atoms with Crippen LogP contribution in [-0.2, 0) is 6.42 Å². The van der Waals surface area contributed by atoms with Gasteiger partial charge in [0.2, 0.25) is 0 Å². The molecule has 0 unspecified atom stereocenters. The number of aromatic nitrogens is 2. The second-order valence-corrected chi connectivity index (χ2v) is 3.94. The average Bonchev–Trinajstić information content (AvgIpc) is 2.85. The molecule has 0 saturated heterocycles. The van der Waals surface area contributed by atoms with Gasteiger partial charge < -0.3 is 10.8 Å². The number of nitrogen functional groups attached to an aromatic ring is 1. The summed E-state index contributed by atoms with van der Waals surface area (Å²) in [7, 11) is 0. The molecule has 0 spiro atoms. The van der Waals surface area contributed by atoms with Crippen molar-refractivity contribution in [2.24, 2.45) is 5.92 Å². The first kappa shape index (κ1) is 9.89. The molecule has 15 heavy (non-hydrogen) atoms. The molecule has 80 valence electrons. The minimum atomic E-state index is -1.07. The molecule has 1 aliphatic carbocycles. The van der Waals surface area contributed by atoms with E-state index in [1.54, 1.807) is 6.92 Å². The zero-order valence-corrected chi connectivity index (χ0v) is 8.53. The molecule has 3 N–H and O–H groups in total. The zero-order chi connectivity index (χ0) is 11.0. The van der Waals surface area contributed by atoms with Crippen LogP contribution in [0.15, 0.2) is 0 Å². The van der Waals surface area contributed by atoms with E-state index < -0.39 is 5.97 Å². The molecule has 1 fully saturated rings. The minimum Gasteiger partial charge on any atom is -0.477 e. The lowest BCUT2D eigenvalue weighted by molar-refractivity contribution is 0.0696. The van der Waals surface area contributed by atoms with Crippen LogP contribution >= 0.6 is 0 Å². The first-order valence-corrected chi connectivity index (χ1v) is 4.94. The third kappa shape index (κ3) is 2.06. The van der Waals surface area contributed by atoms with Gasteiger partial charge in [0.05, 0.1) is 5.69 Å². The van der Waals surface area contributed by atoms with Gasteiger partial charge in [-0.2, -0.15) is 0 Å². The molecule has 1 aromatic rings. The highest BCUT2D eigenvalue weighted by Crippen LogP contribution is 2.32. The summed E-state index contributed by atoms with van der Waals surface area (Å²) in [5, 5.41) is 8.87. The maximum Gasteiger partial charge on any atom is 0.341 e. The summed E-state index contributed by atoms with van der Waals surface area (Å²) in [5.74, 6) is 0.339. The Morgan fingerprint density at radius 2 is 2.20 bits per heavy atom. The Kier molecular flexibility index (Phi) is 2.30. The Bertz CT molecular complexity index is 390. The number of rotatable bonds is 3. The normalized spacial score (nSPS) is 15.3. The lowest BCUT2D eigenvalue weighted by atomic mass is 10.2. The highest BCUT2D eigenvalue weighted by Gasteiger charge is 2.24. The van der Waals surface area contributed by atoms with Crippen molar-refractivity contribution < 1.29 is 9.90 Å². The van der Waals surface area contributed by atoms with Crippen molar-refractivity contribution >= 4 is 11.8 Å². The van der Waals surface area contributed by atoms with Gasteiger partial charge in [-0.05, 0) is 25.7 Å². The van der Waals surface area contributed by atoms with Gasteiger partial charge in [-0.25, -0.2) is 14.8 Å². The Balaban J connectivity index is 2.32. The molecule has 1 aliphatic rings. The largest absolute Gasteiger partial charge is 0.477 e. The fourth-order valence-corrected chi connectivity index (χ4v) is 1.59. The predicted octanol–water partition coefficient (Wildman–Crippen LogP) is 1.02. The van der Waals surface area contributed by atoms with Crippen LogP contribution in [0, 0.1) is 12.8 Å². The number of carboxylic acid groups (broad SMARTS) is 1. The SMILES string of the molecule is Cc1nc(CC2CC2)nc(N)c1C(=O)O. The second-order valence-electron chi connectivity index (χ2n) is 3.94. The molecule has 1 heterocycles. The van der Waals surface area contributed by atoms with Gasteiger partial charge in [0.1, 0.15) is 17.2 Å². The number of carbonyl (C=O) groups is 1. The van der Waals surface area contributed by atoms with Crippen LogP contribution in [0.3, 0.4) is 0 Å². The lowest BCUT2D eigenvalue weighted by Crippen LogP contribution is -2.12. The first-order valence-electron chi connectivity index (χ1n) is 4.94. The Labute approximate surface area is 87.4 Å². The van der Waals surface area contributed by atoms with Gasteiger partial charge in [-0.1, -0.05) is 0 Å². The maximum absolute atomic E-state index is 10.8. The molecule has 0 bridgehead atoms. The van der Waals surface area contributed by atoms with Crippen molar-refractivity contribution in [1.82, 2.24) is 9.97 Å². The molecule has 0 amide bonds. The molecule has 5 heteroatoms. The van der Waals surface area contributed by atoms with E-state index in [4.69, 9.17) is 10.8 Å². The summed E-state index contributed by atoms with van der Waals surface area (Å²) in [4.78, 5) is 19.0. The summed E-state index contributed by atoms with van der Waals surface area (Å²) in [5.41, 5.74) is 6.06. The van der Waals surface area contributed by atoms with Crippen molar-refractivity contribution in [2.75, 3.05) is 5.73 Å². The minimum absolute atomic E-state index is 0.0227. The Morgan fingerprint density at radius 3 is 2.67 bits per heavy atom. The van der Waals surface area contributed by atoms with E-state index in [0.717, 1.165) is 6.42 Å². The van der Waals surface area contributed by atoms with Crippen LogP contribution in [-0.4, -0.2) is 21.0 Å². The van der Waals surface area contributed by atoms with Crippen LogP contribution in [0.1, 0.15) is 34.7 Å². The van der Waals surface area contributed by atoms with Crippen LogP contribution < -0.4 is 5.73 Å². The zero-order valence-electron chi connectivity index (χ0n) is 8.53. The molecule has 0 radical (unpaired) electrons. The maximum atomic E-state index is 10.8. The van der Waals surface area contributed by atoms with E-state index in [2.05, 4.69) is 9.97 Å². The second kappa shape index (κ2) is 3.49. The summed E-state index contributed by atoms with van der Waals surface area (Å²) in [6, 6.07) is 0. The number of hydrogen-bond acceptors (Lipinski definition) is 4. The number of nitrogens with zero attached hydrogens (tertiary/aromatic N) is 2. The molecule has 5 nitrogen and oxygen atoms in total. The monoisotopic (exact) mass is 207 g/mol. The van der Waals surface area contributed by atoms with Gasteiger partial charge in [0, 0.05) is 6.42 Å². The standard InChI is InChI=1S/C10H13N3O2/c1-5-8(10(14)15)9(11)13-7(12-5)4-6-2-3-6/h6H,2-4H2,1H3,(H,14,15)(H2,11,12,13). The van der Waals surface area contributed by atoms with Crippen LogP contribution in [0.4, 0.5) is 5.82 Å². The van der Waals surface area contributed by atoms with Gasteiger partial charge in [0.15, 0.2) is 0 Å². The van der Waals surface area contributed by atoms with Gasteiger partial charge in [-0.15, -0.1) is 0 Å². The van der Waals surface area contributed by atoms with Gasteiger partial charge >= 0.3 is 5.97 Å². The van der Waals surface area contributed by atoms with Crippen LogP contribution in [0.25, 0.3) is 0 Å². The van der Waals surface area contributed by atoms with Crippen molar-refractivity contribution in [3.63, 3.8) is 0 Å². The van der Waals surface area contributed by atoms with E-state index in [0.29, 0.717) is 17.4 Å². The fourth-order valence-electron chi connectivity index (χ4n) is 1.59. The van der Waals surface area contributed by atoms with Crippen molar-refractivity contribution in [1.29, 1.82) is 0 Å². The molecule has 0 aromatic carbocycles. The lowest BCUT2D eigenvalue weighted by Gasteiger charge is -2.06. The number of nitrogens with two attached hydrogens (primary N) is 1. The molecule has 0 atom stereocenters. The highest BCUT2D eigenvalue weighted by atomic mass is 16.4. The third-order valence-corrected chi connectivity index (χ3v) is 2.55. The van der Waals surface area contributed by atoms with E-state index in [9.17, 15) is 4.79 Å². The quantitative estimate of drug-likeness (QED) is 0.772. The number of aromatic carboxylic acids is 1. The smallest absolute Gasteiger partial charge is 0.341 e. The predicted molar refractivity (Wildman–Crippen MR) is 54.6 cm³/mol. The molecule has 0 aliphatic heterocycles. The summed E-state index contributed by atoms with van der Waals surface area (Å²) < 4.78 is 0. The van der Waals surface area contributed by atoms with Gasteiger partial charge in [-0.3, -0.25) is 0 Å². The molecular weight excluding hydrogens is 194 g/mol. The fraction of sp³-hybridized carbons (Fsp3) is 0.500. The van der Waals surface area contributed by atoms with E-state index in [1.807, 2.05) is 0 Å². The van der Waals surface area contributed by atoms with E-state index in [1.165, 1.54) is 12.8 Å². The van der Waals surface area contributed by atoms with Crippen molar-refractivity contribution in [2.45, 2.75) is 26.2 Å². The Morgan fingerprint density at radius 1 is 1.53 bits per heavy atom. The Hall–Kier alpha value is -1.65. The summed E-state index contributed by atoms with van der Waals surface area (Å²) in [6.07, 6.45) is 3.23. The average molecular weight is 207 g/mol. The van der Waals surface area contributed by atoms with Crippen LogP contribution in [0.5, 0.6) is 0 Å². The number of hydrogen-bond donors (Lipinski definition) is 2. The topological polar surface area (TPSA) is 89.1 Å². The summed E-state index contributed by atoms with van der Waals surface area (Å²) in [6.45, 7) is 1.65. The molecular formula is C10H13N3O2. The van der Waals surface area contributed by atoms with Gasteiger partial charge in [0.25, 0.3) is 0 Å². The molecule has 1 saturated carbocycles. The van der Waals surface area contributed by atoms with E-state index >= 15 is 0 Å².